The van der Waals surface area contributed by atoms with Crippen molar-refractivity contribution in [1.29, 1.82) is 0 Å². The first-order valence-corrected chi connectivity index (χ1v) is 22.0. The molecule has 9 nitrogen and oxygen atoms in total. The van der Waals surface area contributed by atoms with E-state index in [1.807, 2.05) is 43.2 Å². The maximum Gasteiger partial charge on any atom is 0.376 e. The summed E-state index contributed by atoms with van der Waals surface area (Å²) in [7, 11) is 3.26. The van der Waals surface area contributed by atoms with Gasteiger partial charge in [-0.15, -0.1) is 0 Å². The SMILES string of the molecule is COC[C@H]1C[C@]1(c1ccc(Cl)cc1)C1CCN(B(C)O)CC1.COC[C@H]1C[C@]1(c1ccc(Cl)cc1)C1CCN(C(=O)C2CCN(Cc3ccnc(N)c3)CC2)CC1. The van der Waals surface area contributed by atoms with Crippen LogP contribution in [-0.4, -0.2) is 104 Å². The van der Waals surface area contributed by atoms with Crippen molar-refractivity contribution in [3.63, 3.8) is 0 Å². The van der Waals surface area contributed by atoms with Gasteiger partial charge in [0.1, 0.15) is 5.82 Å². The molecule has 2 aliphatic carbocycles. The van der Waals surface area contributed by atoms with Gasteiger partial charge in [0.15, 0.2) is 0 Å². The van der Waals surface area contributed by atoms with E-state index in [1.165, 1.54) is 29.5 Å². The molecule has 0 unspecified atom stereocenters. The van der Waals surface area contributed by atoms with Gasteiger partial charge in [0.2, 0.25) is 5.91 Å². The number of carbonyl (C=O) groups is 1. The fraction of sp³-hybridized carbons (Fsp3) is 0.600. The predicted molar refractivity (Wildman–Crippen MR) is 230 cm³/mol. The number of benzene rings is 2. The highest BCUT2D eigenvalue weighted by Crippen LogP contribution is 2.62. The first kappa shape index (κ1) is 42.4. The Labute approximate surface area is 350 Å². The fourth-order valence-corrected chi connectivity index (χ4v) is 11.3. The summed E-state index contributed by atoms with van der Waals surface area (Å²) in [6, 6.07) is 20.8. The molecule has 0 spiro atoms. The van der Waals surface area contributed by atoms with Gasteiger partial charge in [0, 0.05) is 80.1 Å². The van der Waals surface area contributed by atoms with Crippen LogP contribution >= 0.6 is 23.2 Å². The third-order valence-corrected chi connectivity index (χ3v) is 14.8. The van der Waals surface area contributed by atoms with E-state index in [0.717, 1.165) is 108 Å². The van der Waals surface area contributed by atoms with Crippen molar-refractivity contribution < 1.29 is 19.3 Å². The number of aromatic nitrogens is 1. The molecular formula is C45H62BCl2N5O4. The molecule has 8 rings (SSSR count). The van der Waals surface area contributed by atoms with Crippen molar-refractivity contribution in [1.82, 2.24) is 19.6 Å². The van der Waals surface area contributed by atoms with Crippen molar-refractivity contribution in [2.75, 3.05) is 72.4 Å². The molecule has 3 saturated heterocycles. The largest absolute Gasteiger partial charge is 0.437 e. The molecule has 0 radical (unpaired) electrons. The third-order valence-electron chi connectivity index (χ3n) is 14.3. The number of hydrogen-bond donors (Lipinski definition) is 2. The molecule has 5 aliphatic rings. The van der Waals surface area contributed by atoms with Gasteiger partial charge in [0.05, 0.1) is 0 Å². The smallest absolute Gasteiger partial charge is 0.376 e. The minimum Gasteiger partial charge on any atom is -0.437 e. The summed E-state index contributed by atoms with van der Waals surface area (Å²) in [6.45, 7) is 9.97. The van der Waals surface area contributed by atoms with Crippen molar-refractivity contribution in [2.45, 2.75) is 75.6 Å². The number of carbonyl (C=O) groups excluding carboxylic acids is 1. The van der Waals surface area contributed by atoms with E-state index in [1.54, 1.807) is 20.4 Å². The minimum atomic E-state index is -0.332. The molecule has 2 aromatic carbocycles. The highest BCUT2D eigenvalue weighted by atomic mass is 35.5. The van der Waals surface area contributed by atoms with Crippen LogP contribution in [0.3, 0.4) is 0 Å². The second-order valence-electron chi connectivity index (χ2n) is 17.5. The van der Waals surface area contributed by atoms with Crippen molar-refractivity contribution in [2.24, 2.45) is 29.6 Å². The van der Waals surface area contributed by atoms with E-state index < -0.39 is 0 Å². The van der Waals surface area contributed by atoms with E-state index >= 15 is 0 Å². The molecule has 2 saturated carbocycles. The maximum absolute atomic E-state index is 13.4. The molecule has 1 aromatic heterocycles. The number of nitrogens with zero attached hydrogens (tertiary/aromatic N) is 4. The zero-order chi connectivity index (χ0) is 40.2. The zero-order valence-corrected chi connectivity index (χ0v) is 35.6. The maximum atomic E-state index is 13.4. The Balaban J connectivity index is 0.000000194. The Morgan fingerprint density at radius 1 is 0.789 bits per heavy atom. The van der Waals surface area contributed by atoms with Crippen LogP contribution in [0.4, 0.5) is 5.82 Å². The molecular weight excluding hydrogens is 756 g/mol. The van der Waals surface area contributed by atoms with E-state index in [-0.39, 0.29) is 23.8 Å². The molecule has 12 heteroatoms. The van der Waals surface area contributed by atoms with E-state index in [4.69, 9.17) is 38.4 Å². The minimum absolute atomic E-state index is 0.151. The number of anilines is 1. The number of hydrogen-bond acceptors (Lipinski definition) is 8. The van der Waals surface area contributed by atoms with Gasteiger partial charge in [0.25, 0.3) is 0 Å². The van der Waals surface area contributed by atoms with Crippen LogP contribution in [0.25, 0.3) is 0 Å². The van der Waals surface area contributed by atoms with Crippen molar-refractivity contribution in [3.8, 4) is 0 Å². The predicted octanol–water partition coefficient (Wildman–Crippen LogP) is 7.44. The molecule has 1 amide bonds. The first-order valence-electron chi connectivity index (χ1n) is 21.2. The average Bonchev–Trinajstić information content (AvgIpc) is 4.14. The van der Waals surface area contributed by atoms with Crippen LogP contribution in [-0.2, 0) is 31.6 Å². The Hall–Kier alpha value is -2.70. The standard InChI is InChI=1S/C28H37ClN4O2.C17H25BClNO2/c1-35-19-24-17-28(24,22-2-4-25(29)5-3-22)23-9-14-33(15-10-23)27(34)21-7-12-32(13-8-21)18-20-6-11-31-26(30)16-20;1-18(21)20-9-7-14(8-10-20)17(11-15(17)12-22-2)13-3-5-16(19)6-4-13/h2-6,11,16,21,23-24H,7-10,12-15,17-19H2,1H3,(H2,30,31);3-6,14-15,21H,7-12H2,1-2H3/t24-,28+;15-,17+/m11/s1. The molecule has 3 aromatic rings. The van der Waals surface area contributed by atoms with Crippen molar-refractivity contribution >= 4 is 42.0 Å². The zero-order valence-electron chi connectivity index (χ0n) is 34.1. The second kappa shape index (κ2) is 18.7. The summed E-state index contributed by atoms with van der Waals surface area (Å²) in [5.74, 6) is 3.50. The van der Waals surface area contributed by atoms with E-state index in [0.29, 0.717) is 35.4 Å². The van der Waals surface area contributed by atoms with Gasteiger partial charge in [-0.1, -0.05) is 47.5 Å². The van der Waals surface area contributed by atoms with Crippen molar-refractivity contribution in [3.05, 3.63) is 93.6 Å². The number of nitrogens with two attached hydrogens (primary N) is 1. The number of amides is 1. The van der Waals surface area contributed by atoms with Crippen LogP contribution in [0.15, 0.2) is 66.9 Å². The Bertz CT molecular complexity index is 1760. The number of piperidine rings is 3. The first-order chi connectivity index (χ1) is 27.6. The summed E-state index contributed by atoms with van der Waals surface area (Å²) in [6.07, 6.45) is 10.4. The number of halogens is 2. The number of likely N-dealkylation sites (tertiary alicyclic amines) is 2. The highest BCUT2D eigenvalue weighted by molar-refractivity contribution is 6.45. The quantitative estimate of drug-likeness (QED) is 0.182. The molecule has 4 atom stereocenters. The van der Waals surface area contributed by atoms with Crippen LogP contribution in [0.2, 0.25) is 16.9 Å². The average molecular weight is 819 g/mol. The van der Waals surface area contributed by atoms with Gasteiger partial charge >= 0.3 is 7.05 Å². The number of pyridine rings is 1. The monoisotopic (exact) mass is 817 g/mol. The summed E-state index contributed by atoms with van der Waals surface area (Å²) in [4.78, 5) is 24.2. The Morgan fingerprint density at radius 3 is 1.74 bits per heavy atom. The lowest BCUT2D eigenvalue weighted by Gasteiger charge is -2.40. The van der Waals surface area contributed by atoms with Gasteiger partial charge < -0.3 is 29.9 Å². The summed E-state index contributed by atoms with van der Waals surface area (Å²) in [5, 5.41) is 11.3. The second-order valence-corrected chi connectivity index (χ2v) is 18.4. The number of methoxy groups -OCH3 is 2. The highest BCUT2D eigenvalue weighted by Gasteiger charge is 2.60. The summed E-state index contributed by atoms with van der Waals surface area (Å²) in [5.41, 5.74) is 10.2. The normalized spacial score (nSPS) is 27.4. The molecule has 4 heterocycles. The van der Waals surface area contributed by atoms with Gasteiger partial charge in [-0.25, -0.2) is 4.98 Å². The lowest BCUT2D eigenvalue weighted by Crippen LogP contribution is -2.46. The Kier molecular flexibility index (Phi) is 13.9. The van der Waals surface area contributed by atoms with Gasteiger partial charge in [-0.2, -0.15) is 0 Å². The van der Waals surface area contributed by atoms with Crippen LogP contribution in [0, 0.1) is 29.6 Å². The fourth-order valence-electron chi connectivity index (χ4n) is 11.1. The number of ether oxygens (including phenoxy) is 2. The number of rotatable bonds is 12. The lowest BCUT2D eigenvalue weighted by atomic mass is 9.73. The van der Waals surface area contributed by atoms with E-state index in [2.05, 4.69) is 43.9 Å². The molecule has 3 N–H and O–H groups in total. The van der Waals surface area contributed by atoms with E-state index in [9.17, 15) is 9.82 Å². The van der Waals surface area contributed by atoms with Crippen LogP contribution < -0.4 is 5.73 Å². The molecule has 0 bridgehead atoms. The number of nitrogen functional groups attached to an aromatic ring is 1. The molecule has 57 heavy (non-hydrogen) atoms. The van der Waals surface area contributed by atoms with Gasteiger partial charge in [-0.05, 0) is 161 Å². The molecule has 308 valence electrons. The van der Waals surface area contributed by atoms with Crippen LogP contribution in [0.1, 0.15) is 68.1 Å². The summed E-state index contributed by atoms with van der Waals surface area (Å²) < 4.78 is 11.0. The van der Waals surface area contributed by atoms with Gasteiger partial charge in [-0.3, -0.25) is 9.69 Å². The van der Waals surface area contributed by atoms with Crippen LogP contribution in [0.5, 0.6) is 0 Å². The molecule has 3 aliphatic heterocycles. The molecule has 5 fully saturated rings. The summed E-state index contributed by atoms with van der Waals surface area (Å²) >= 11 is 12.2. The lowest BCUT2D eigenvalue weighted by molar-refractivity contribution is -0.138. The topological polar surface area (TPSA) is 104 Å². The third kappa shape index (κ3) is 9.54. The Morgan fingerprint density at radius 2 is 1.28 bits per heavy atom.